The SMILES string of the molecule is COc1cccc(-c2nc3sc4c(c3c(=O)n2CC(=O)NCc2ccccc2)CCCC4)c1. The second-order valence-corrected chi connectivity index (χ2v) is 9.30. The minimum atomic E-state index is -0.227. The molecule has 0 bridgehead atoms. The first-order chi connectivity index (χ1) is 16.1. The average molecular weight is 460 g/mol. The molecule has 33 heavy (non-hydrogen) atoms. The summed E-state index contributed by atoms with van der Waals surface area (Å²) in [5, 5.41) is 3.61. The highest BCUT2D eigenvalue weighted by Crippen LogP contribution is 2.35. The molecule has 0 saturated carbocycles. The summed E-state index contributed by atoms with van der Waals surface area (Å²) in [6, 6.07) is 17.2. The summed E-state index contributed by atoms with van der Waals surface area (Å²) in [5.41, 5.74) is 2.73. The van der Waals surface area contributed by atoms with Gasteiger partial charge in [0, 0.05) is 17.0 Å². The Morgan fingerprint density at radius 1 is 1.12 bits per heavy atom. The van der Waals surface area contributed by atoms with Crippen LogP contribution in [0.25, 0.3) is 21.6 Å². The van der Waals surface area contributed by atoms with Gasteiger partial charge in [0.2, 0.25) is 5.91 Å². The van der Waals surface area contributed by atoms with Crippen LogP contribution in [0.1, 0.15) is 28.8 Å². The standard InChI is InChI=1S/C26H25N3O3S/c1-32-19-11-7-10-18(14-19)24-28-25-23(20-12-5-6-13-21(20)33-25)26(31)29(24)16-22(30)27-15-17-8-3-2-4-9-17/h2-4,7-11,14H,5-6,12-13,15-16H2,1H3,(H,27,30). The molecule has 0 radical (unpaired) electrons. The van der Waals surface area contributed by atoms with Crippen molar-refractivity contribution in [2.45, 2.75) is 38.8 Å². The predicted molar refractivity (Wildman–Crippen MR) is 131 cm³/mol. The van der Waals surface area contributed by atoms with Crippen LogP contribution in [0, 0.1) is 0 Å². The van der Waals surface area contributed by atoms with E-state index in [9.17, 15) is 9.59 Å². The fourth-order valence-corrected chi connectivity index (χ4v) is 5.62. The maximum Gasteiger partial charge on any atom is 0.263 e. The fraction of sp³-hybridized carbons (Fsp3) is 0.269. The average Bonchev–Trinajstić information content (AvgIpc) is 3.24. The van der Waals surface area contributed by atoms with Gasteiger partial charge in [-0.25, -0.2) is 4.98 Å². The normalized spacial score (nSPS) is 13.0. The molecule has 5 rings (SSSR count). The summed E-state index contributed by atoms with van der Waals surface area (Å²) in [4.78, 5) is 33.5. The molecule has 0 unspecified atom stereocenters. The van der Waals surface area contributed by atoms with Crippen LogP contribution in [0.2, 0.25) is 0 Å². The van der Waals surface area contributed by atoms with Gasteiger partial charge >= 0.3 is 0 Å². The Labute approximate surface area is 195 Å². The first-order valence-corrected chi connectivity index (χ1v) is 12.0. The number of hydrogen-bond acceptors (Lipinski definition) is 5. The number of fused-ring (bicyclic) bond motifs is 3. The number of thiophene rings is 1. The van der Waals surface area contributed by atoms with Gasteiger partial charge in [-0.3, -0.25) is 14.2 Å². The highest BCUT2D eigenvalue weighted by atomic mass is 32.1. The summed E-state index contributed by atoms with van der Waals surface area (Å²) >= 11 is 1.61. The van der Waals surface area contributed by atoms with Crippen LogP contribution in [0.4, 0.5) is 0 Å². The Kier molecular flexibility index (Phi) is 5.96. The summed E-state index contributed by atoms with van der Waals surface area (Å²) < 4.78 is 6.89. The van der Waals surface area contributed by atoms with Crippen molar-refractivity contribution in [1.82, 2.24) is 14.9 Å². The molecule has 4 aromatic rings. The van der Waals surface area contributed by atoms with Crippen LogP contribution in [-0.4, -0.2) is 22.6 Å². The molecule has 6 nitrogen and oxygen atoms in total. The highest BCUT2D eigenvalue weighted by Gasteiger charge is 2.23. The number of aromatic nitrogens is 2. The molecule has 0 saturated heterocycles. The molecular formula is C26H25N3O3S. The lowest BCUT2D eigenvalue weighted by molar-refractivity contribution is -0.121. The van der Waals surface area contributed by atoms with Crippen molar-refractivity contribution in [3.63, 3.8) is 0 Å². The highest BCUT2D eigenvalue weighted by molar-refractivity contribution is 7.18. The van der Waals surface area contributed by atoms with Crippen LogP contribution in [0.5, 0.6) is 5.75 Å². The molecule has 2 heterocycles. The minimum Gasteiger partial charge on any atom is -0.497 e. The zero-order valence-corrected chi connectivity index (χ0v) is 19.3. The zero-order valence-electron chi connectivity index (χ0n) is 18.5. The van der Waals surface area contributed by atoms with Gasteiger partial charge in [0.1, 0.15) is 22.9 Å². The van der Waals surface area contributed by atoms with E-state index in [1.54, 1.807) is 18.4 Å². The van der Waals surface area contributed by atoms with E-state index < -0.39 is 0 Å². The Bertz CT molecular complexity index is 1380. The van der Waals surface area contributed by atoms with E-state index in [-0.39, 0.29) is 18.0 Å². The molecule has 2 aromatic heterocycles. The number of nitrogens with zero attached hydrogens (tertiary/aromatic N) is 2. The van der Waals surface area contributed by atoms with E-state index in [4.69, 9.17) is 9.72 Å². The van der Waals surface area contributed by atoms with Crippen molar-refractivity contribution in [2.75, 3.05) is 7.11 Å². The Balaban J connectivity index is 1.57. The lowest BCUT2D eigenvalue weighted by atomic mass is 9.97. The van der Waals surface area contributed by atoms with Gasteiger partial charge in [-0.15, -0.1) is 11.3 Å². The molecule has 1 amide bonds. The quantitative estimate of drug-likeness (QED) is 0.466. The lowest BCUT2D eigenvalue weighted by Gasteiger charge is -2.14. The molecule has 0 aliphatic heterocycles. The van der Waals surface area contributed by atoms with E-state index in [1.807, 2.05) is 54.6 Å². The first kappa shape index (κ1) is 21.4. The smallest absolute Gasteiger partial charge is 0.263 e. The number of methoxy groups -OCH3 is 1. The fourth-order valence-electron chi connectivity index (χ4n) is 4.36. The van der Waals surface area contributed by atoms with Crippen molar-refractivity contribution in [1.29, 1.82) is 0 Å². The van der Waals surface area contributed by atoms with Gasteiger partial charge in [0.05, 0.1) is 12.5 Å². The van der Waals surface area contributed by atoms with Crippen molar-refractivity contribution in [3.05, 3.63) is 81.0 Å². The van der Waals surface area contributed by atoms with Crippen LogP contribution < -0.4 is 15.6 Å². The monoisotopic (exact) mass is 459 g/mol. The largest absolute Gasteiger partial charge is 0.497 e. The molecule has 1 aliphatic rings. The summed E-state index contributed by atoms with van der Waals surface area (Å²) in [5.74, 6) is 0.933. The van der Waals surface area contributed by atoms with Crippen molar-refractivity contribution in [3.8, 4) is 17.1 Å². The number of benzene rings is 2. The van der Waals surface area contributed by atoms with E-state index in [2.05, 4.69) is 5.32 Å². The van der Waals surface area contributed by atoms with Gasteiger partial charge < -0.3 is 10.1 Å². The number of aryl methyl sites for hydroxylation is 2. The number of ether oxygens (including phenoxy) is 1. The Hall–Kier alpha value is -3.45. The number of nitrogens with one attached hydrogen (secondary N) is 1. The maximum atomic E-state index is 13.7. The first-order valence-electron chi connectivity index (χ1n) is 11.1. The van der Waals surface area contributed by atoms with Gasteiger partial charge in [-0.2, -0.15) is 0 Å². The molecule has 0 spiro atoms. The Morgan fingerprint density at radius 3 is 2.76 bits per heavy atom. The molecular weight excluding hydrogens is 434 g/mol. The topological polar surface area (TPSA) is 73.2 Å². The van der Waals surface area contributed by atoms with Crippen LogP contribution in [-0.2, 0) is 30.7 Å². The maximum absolute atomic E-state index is 13.7. The second-order valence-electron chi connectivity index (χ2n) is 8.21. The van der Waals surface area contributed by atoms with Crippen LogP contribution in [0.15, 0.2) is 59.4 Å². The molecule has 2 aromatic carbocycles. The van der Waals surface area contributed by atoms with E-state index >= 15 is 0 Å². The number of carbonyl (C=O) groups excluding carboxylic acids is 1. The number of hydrogen-bond donors (Lipinski definition) is 1. The van der Waals surface area contributed by atoms with Gasteiger partial charge in [0.25, 0.3) is 5.56 Å². The van der Waals surface area contributed by atoms with Crippen LogP contribution >= 0.6 is 11.3 Å². The number of amides is 1. The zero-order chi connectivity index (χ0) is 22.8. The van der Waals surface area contributed by atoms with Gasteiger partial charge in [-0.05, 0) is 48.9 Å². The molecule has 0 atom stereocenters. The van der Waals surface area contributed by atoms with Crippen molar-refractivity contribution in [2.24, 2.45) is 0 Å². The predicted octanol–water partition coefficient (Wildman–Crippen LogP) is 4.33. The Morgan fingerprint density at radius 2 is 1.94 bits per heavy atom. The van der Waals surface area contributed by atoms with E-state index in [0.29, 0.717) is 23.5 Å². The molecule has 0 fully saturated rings. The van der Waals surface area contributed by atoms with E-state index in [1.165, 1.54) is 9.44 Å². The molecule has 7 heteroatoms. The van der Waals surface area contributed by atoms with Crippen LogP contribution in [0.3, 0.4) is 0 Å². The van der Waals surface area contributed by atoms with Crippen molar-refractivity contribution < 1.29 is 9.53 Å². The second kappa shape index (κ2) is 9.19. The van der Waals surface area contributed by atoms with Crippen molar-refractivity contribution >= 4 is 27.5 Å². The summed E-state index contributed by atoms with van der Waals surface area (Å²) in [6.07, 6.45) is 4.10. The lowest BCUT2D eigenvalue weighted by Crippen LogP contribution is -2.33. The minimum absolute atomic E-state index is 0.0915. The third kappa shape index (κ3) is 4.28. The third-order valence-electron chi connectivity index (χ3n) is 6.04. The third-order valence-corrected chi connectivity index (χ3v) is 7.22. The van der Waals surface area contributed by atoms with Gasteiger partial charge in [-0.1, -0.05) is 42.5 Å². The van der Waals surface area contributed by atoms with E-state index in [0.717, 1.165) is 47.2 Å². The molecule has 1 aliphatic carbocycles. The summed E-state index contributed by atoms with van der Waals surface area (Å²) in [7, 11) is 1.60. The molecule has 1 N–H and O–H groups in total. The van der Waals surface area contributed by atoms with Gasteiger partial charge in [0.15, 0.2) is 0 Å². The molecule has 168 valence electrons. The number of carbonyl (C=O) groups is 1. The number of rotatable bonds is 6. The summed E-state index contributed by atoms with van der Waals surface area (Å²) in [6.45, 7) is 0.318.